The van der Waals surface area contributed by atoms with Gasteiger partial charge in [0.05, 0.1) is 29.7 Å². The number of H-pyrrole nitrogens is 1. The lowest BCUT2D eigenvalue weighted by molar-refractivity contribution is -0.123. The SMILES string of the molecule is COc1ccc(N2C(=O)[C@H]3[C@H]4C[C@@H]([C@@H]3C2=O)[C@@H]2[C@H](c3ccc(OCC(=O)Nc5ccc(Cl)cc5)cc3)c3sc(=O)[nH]c3S[C@H]42)cc1. The summed E-state index contributed by atoms with van der Waals surface area (Å²) in [6, 6.07) is 21.5. The molecule has 3 heterocycles. The van der Waals surface area contributed by atoms with Gasteiger partial charge in [0.25, 0.3) is 5.91 Å². The highest BCUT2D eigenvalue weighted by Gasteiger charge is 2.69. The number of methoxy groups -OCH3 is 1. The van der Waals surface area contributed by atoms with Crippen molar-refractivity contribution in [2.24, 2.45) is 29.6 Å². The van der Waals surface area contributed by atoms with E-state index in [1.807, 2.05) is 24.3 Å². The number of carbonyl (C=O) groups is 3. The Bertz CT molecular complexity index is 1910. The molecule has 2 saturated carbocycles. The quantitative estimate of drug-likeness (QED) is 0.238. The first-order valence-electron chi connectivity index (χ1n) is 15.0. The Morgan fingerprint density at radius 1 is 0.935 bits per heavy atom. The summed E-state index contributed by atoms with van der Waals surface area (Å²) in [6.07, 6.45) is 0.811. The molecule has 4 aromatic rings. The number of hydrogen-bond donors (Lipinski definition) is 2. The minimum absolute atomic E-state index is 0.00930. The molecule has 1 aromatic heterocycles. The number of thioether (sulfide) groups is 1. The van der Waals surface area contributed by atoms with E-state index in [-0.39, 0.29) is 70.0 Å². The molecule has 4 aliphatic rings. The van der Waals surface area contributed by atoms with Crippen LogP contribution in [0.4, 0.5) is 11.4 Å². The number of hydrogen-bond acceptors (Lipinski definition) is 8. The smallest absolute Gasteiger partial charge is 0.305 e. The molecule has 3 aromatic carbocycles. The van der Waals surface area contributed by atoms with Gasteiger partial charge >= 0.3 is 4.87 Å². The van der Waals surface area contributed by atoms with Crippen molar-refractivity contribution in [2.75, 3.05) is 23.9 Å². The molecule has 0 radical (unpaired) electrons. The van der Waals surface area contributed by atoms with Gasteiger partial charge in [0, 0.05) is 26.8 Å². The van der Waals surface area contributed by atoms with Crippen LogP contribution in [-0.4, -0.2) is 41.7 Å². The average Bonchev–Trinajstić information content (AvgIpc) is 3.80. The van der Waals surface area contributed by atoms with Crippen LogP contribution in [0.25, 0.3) is 0 Å². The highest BCUT2D eigenvalue weighted by atomic mass is 35.5. The van der Waals surface area contributed by atoms with Crippen LogP contribution < -0.4 is 24.6 Å². The van der Waals surface area contributed by atoms with Gasteiger partial charge in [-0.25, -0.2) is 0 Å². The van der Waals surface area contributed by atoms with Crippen molar-refractivity contribution in [3.8, 4) is 11.5 Å². The lowest BCUT2D eigenvalue weighted by Gasteiger charge is -2.43. The highest BCUT2D eigenvalue weighted by molar-refractivity contribution is 8.00. The predicted octanol–water partition coefficient (Wildman–Crippen LogP) is 5.79. The molecular formula is C34H28ClN3O6S2. The van der Waals surface area contributed by atoms with E-state index in [1.165, 1.54) is 16.2 Å². The fourth-order valence-electron chi connectivity index (χ4n) is 8.03. The molecule has 2 aliphatic carbocycles. The number of benzene rings is 3. The number of anilines is 2. The number of halogens is 1. The second kappa shape index (κ2) is 11.3. The lowest BCUT2D eigenvalue weighted by Crippen LogP contribution is -2.42. The molecule has 46 heavy (non-hydrogen) atoms. The van der Waals surface area contributed by atoms with E-state index in [0.29, 0.717) is 27.9 Å². The van der Waals surface area contributed by atoms with Crippen LogP contribution in [0, 0.1) is 29.6 Å². The number of nitrogens with one attached hydrogen (secondary N) is 2. The monoisotopic (exact) mass is 673 g/mol. The van der Waals surface area contributed by atoms with Crippen LogP contribution in [-0.2, 0) is 14.4 Å². The number of aromatic amines is 1. The highest BCUT2D eigenvalue weighted by Crippen LogP contribution is 2.68. The molecule has 0 spiro atoms. The zero-order valence-electron chi connectivity index (χ0n) is 24.5. The molecule has 2 aliphatic heterocycles. The maximum Gasteiger partial charge on any atom is 0.305 e. The molecule has 2 bridgehead atoms. The van der Waals surface area contributed by atoms with Gasteiger partial charge in [0.15, 0.2) is 6.61 Å². The van der Waals surface area contributed by atoms with E-state index in [1.54, 1.807) is 67.4 Å². The van der Waals surface area contributed by atoms with Gasteiger partial charge in [-0.15, -0.1) is 11.8 Å². The topological polar surface area (TPSA) is 118 Å². The molecule has 7 atom stereocenters. The number of ether oxygens (including phenoxy) is 2. The normalized spacial score (nSPS) is 27.3. The fraction of sp³-hybridized carbons (Fsp3) is 0.294. The Labute approximate surface area is 277 Å². The van der Waals surface area contributed by atoms with Gasteiger partial charge < -0.3 is 19.8 Å². The Morgan fingerprint density at radius 2 is 1.61 bits per heavy atom. The Balaban J connectivity index is 1.05. The van der Waals surface area contributed by atoms with Gasteiger partial charge in [0.2, 0.25) is 11.8 Å². The molecule has 234 valence electrons. The van der Waals surface area contributed by atoms with Crippen LogP contribution in [0.5, 0.6) is 11.5 Å². The summed E-state index contributed by atoms with van der Waals surface area (Å²) >= 11 is 8.80. The van der Waals surface area contributed by atoms with E-state index in [9.17, 15) is 19.2 Å². The van der Waals surface area contributed by atoms with E-state index in [4.69, 9.17) is 21.1 Å². The van der Waals surface area contributed by atoms with Gasteiger partial charge in [0.1, 0.15) is 11.5 Å². The first-order valence-corrected chi connectivity index (χ1v) is 17.1. The first-order chi connectivity index (χ1) is 22.3. The molecule has 3 amide bonds. The summed E-state index contributed by atoms with van der Waals surface area (Å²) in [5.74, 6) is -0.0976. The lowest BCUT2D eigenvalue weighted by atomic mass is 9.68. The number of nitrogens with zero attached hydrogens (tertiary/aromatic N) is 1. The molecule has 12 heteroatoms. The minimum Gasteiger partial charge on any atom is -0.497 e. The van der Waals surface area contributed by atoms with Crippen molar-refractivity contribution < 1.29 is 23.9 Å². The van der Waals surface area contributed by atoms with Crippen molar-refractivity contribution in [1.82, 2.24) is 4.98 Å². The molecule has 2 N–H and O–H groups in total. The van der Waals surface area contributed by atoms with Crippen molar-refractivity contribution in [2.45, 2.75) is 22.6 Å². The zero-order chi connectivity index (χ0) is 31.7. The summed E-state index contributed by atoms with van der Waals surface area (Å²) in [6.45, 7) is -0.163. The van der Waals surface area contributed by atoms with E-state index < -0.39 is 0 Å². The number of thiazole rings is 1. The third kappa shape index (κ3) is 4.75. The number of rotatable bonds is 7. The second-order valence-corrected chi connectivity index (χ2v) is 14.7. The number of imide groups is 1. The second-order valence-electron chi connectivity index (χ2n) is 12.1. The molecule has 0 unspecified atom stereocenters. The van der Waals surface area contributed by atoms with Crippen LogP contribution in [0.2, 0.25) is 5.02 Å². The van der Waals surface area contributed by atoms with Crippen molar-refractivity contribution >= 4 is 63.8 Å². The van der Waals surface area contributed by atoms with E-state index in [2.05, 4.69) is 10.3 Å². The Hall–Kier alpha value is -4.06. The average molecular weight is 674 g/mol. The number of amides is 3. The van der Waals surface area contributed by atoms with Crippen LogP contribution >= 0.6 is 34.7 Å². The Morgan fingerprint density at radius 3 is 2.30 bits per heavy atom. The summed E-state index contributed by atoms with van der Waals surface area (Å²) < 4.78 is 11.0. The molecular weight excluding hydrogens is 646 g/mol. The zero-order valence-corrected chi connectivity index (χ0v) is 26.9. The Kier molecular flexibility index (Phi) is 7.23. The molecule has 3 fully saturated rings. The third-order valence-electron chi connectivity index (χ3n) is 9.79. The molecule has 8 rings (SSSR count). The van der Waals surface area contributed by atoms with Crippen molar-refractivity contribution in [1.29, 1.82) is 0 Å². The van der Waals surface area contributed by atoms with Gasteiger partial charge in [-0.2, -0.15) is 0 Å². The first kappa shape index (κ1) is 29.3. The van der Waals surface area contributed by atoms with E-state index >= 15 is 0 Å². The number of fused-ring (bicyclic) bond motifs is 9. The summed E-state index contributed by atoms with van der Waals surface area (Å²) in [7, 11) is 1.58. The maximum atomic E-state index is 14.0. The molecule has 1 saturated heterocycles. The van der Waals surface area contributed by atoms with Crippen LogP contribution in [0.15, 0.2) is 82.6 Å². The number of aromatic nitrogens is 1. The summed E-state index contributed by atoms with van der Waals surface area (Å²) in [5.41, 5.74) is 2.21. The van der Waals surface area contributed by atoms with Crippen LogP contribution in [0.1, 0.15) is 22.8 Å². The largest absolute Gasteiger partial charge is 0.497 e. The predicted molar refractivity (Wildman–Crippen MR) is 176 cm³/mol. The van der Waals surface area contributed by atoms with Gasteiger partial charge in [-0.3, -0.25) is 24.1 Å². The van der Waals surface area contributed by atoms with Crippen molar-refractivity contribution in [3.05, 3.63) is 97.9 Å². The van der Waals surface area contributed by atoms with E-state index in [0.717, 1.165) is 21.9 Å². The van der Waals surface area contributed by atoms with Crippen molar-refractivity contribution in [3.63, 3.8) is 0 Å². The van der Waals surface area contributed by atoms with Gasteiger partial charge in [-0.1, -0.05) is 35.1 Å². The number of carbonyl (C=O) groups excluding carboxylic acids is 3. The maximum absolute atomic E-state index is 14.0. The fourth-order valence-corrected chi connectivity index (χ4v) is 11.0. The minimum atomic E-state index is -0.386. The third-order valence-corrected chi connectivity index (χ3v) is 12.6. The summed E-state index contributed by atoms with van der Waals surface area (Å²) in [4.78, 5) is 58.1. The summed E-state index contributed by atoms with van der Waals surface area (Å²) in [5, 5.41) is 4.31. The van der Waals surface area contributed by atoms with Gasteiger partial charge in [-0.05, 0) is 90.4 Å². The molecule has 9 nitrogen and oxygen atoms in total. The van der Waals surface area contributed by atoms with Crippen LogP contribution in [0.3, 0.4) is 0 Å². The standard InChI is InChI=1S/C34H28ClN3O6S2/c1-43-20-12-8-19(9-13-20)38-32(40)27-22-14-23(28(27)33(38)41)29-26(22)25(30-31(45-29)37-34(42)46-30)16-2-10-21(11-3-16)44-15-24(39)36-18-6-4-17(35)5-7-18/h2-13,22-23,25-29H,14-15H2,1H3,(H,36,39)(H,37,42)/t22-,23-,25+,26-,27+,28+,29-/m1/s1.